The van der Waals surface area contributed by atoms with Gasteiger partial charge in [-0.05, 0) is 36.6 Å². The van der Waals surface area contributed by atoms with E-state index in [-0.39, 0.29) is 6.61 Å². The lowest BCUT2D eigenvalue weighted by molar-refractivity contribution is 0.275. The van der Waals surface area contributed by atoms with E-state index in [4.69, 9.17) is 9.84 Å². The number of nitrogens with zero attached hydrogens (tertiary/aromatic N) is 1. The summed E-state index contributed by atoms with van der Waals surface area (Å²) in [5.41, 5.74) is 0.600. The number of aromatic nitrogens is 1. The van der Waals surface area contributed by atoms with Crippen molar-refractivity contribution in [3.63, 3.8) is 0 Å². The molecule has 4 heteroatoms. The van der Waals surface area contributed by atoms with E-state index in [0.717, 1.165) is 5.75 Å². The van der Waals surface area contributed by atoms with Crippen LogP contribution in [0.3, 0.4) is 0 Å². The summed E-state index contributed by atoms with van der Waals surface area (Å²) >= 11 is 1.69. The first-order valence-electron chi connectivity index (χ1n) is 5.20. The number of thioether (sulfide) groups is 1. The summed E-state index contributed by atoms with van der Waals surface area (Å²) in [4.78, 5) is 5.34. The Hall–Kier alpha value is -1.52. The lowest BCUT2D eigenvalue weighted by Gasteiger charge is -2.06. The first-order chi connectivity index (χ1) is 8.31. The zero-order chi connectivity index (χ0) is 12.1. The molecule has 0 amide bonds. The molecule has 3 nitrogen and oxygen atoms in total. The molecule has 0 radical (unpaired) electrons. The highest BCUT2D eigenvalue weighted by atomic mass is 32.2. The van der Waals surface area contributed by atoms with Crippen LogP contribution in [0.1, 0.15) is 5.69 Å². The minimum absolute atomic E-state index is 0.0807. The number of hydrogen-bond donors (Lipinski definition) is 1. The molecule has 17 heavy (non-hydrogen) atoms. The largest absolute Gasteiger partial charge is 0.439 e. The van der Waals surface area contributed by atoms with E-state index >= 15 is 0 Å². The molecule has 1 N–H and O–H groups in total. The van der Waals surface area contributed by atoms with Crippen LogP contribution in [0.2, 0.25) is 0 Å². The molecule has 0 bridgehead atoms. The van der Waals surface area contributed by atoms with Crippen LogP contribution in [-0.2, 0) is 6.61 Å². The Kier molecular flexibility index (Phi) is 4.01. The minimum Gasteiger partial charge on any atom is -0.439 e. The lowest BCUT2D eigenvalue weighted by atomic mass is 10.3. The van der Waals surface area contributed by atoms with Crippen molar-refractivity contribution >= 4 is 11.8 Å². The molecule has 2 rings (SSSR count). The number of hydrogen-bond acceptors (Lipinski definition) is 4. The number of ether oxygens (including phenoxy) is 1. The van der Waals surface area contributed by atoms with E-state index in [2.05, 4.69) is 4.98 Å². The number of pyridine rings is 1. The van der Waals surface area contributed by atoms with Gasteiger partial charge in [-0.15, -0.1) is 11.8 Å². The maximum absolute atomic E-state index is 8.98. The molecule has 1 aromatic carbocycles. The van der Waals surface area contributed by atoms with Crippen LogP contribution in [0, 0.1) is 0 Å². The smallest absolute Gasteiger partial charge is 0.219 e. The fourth-order valence-electron chi connectivity index (χ4n) is 1.37. The normalized spacial score (nSPS) is 10.2. The average molecular weight is 247 g/mol. The molecule has 0 aliphatic heterocycles. The molecule has 1 aromatic heterocycles. The molecule has 0 aliphatic carbocycles. The Bertz CT molecular complexity index is 485. The highest BCUT2D eigenvalue weighted by Crippen LogP contribution is 2.23. The van der Waals surface area contributed by atoms with Crippen molar-refractivity contribution in [3.8, 4) is 11.6 Å². The third-order valence-electron chi connectivity index (χ3n) is 2.23. The van der Waals surface area contributed by atoms with Gasteiger partial charge in [0.2, 0.25) is 5.88 Å². The lowest BCUT2D eigenvalue weighted by Crippen LogP contribution is -1.92. The molecular weight excluding hydrogens is 234 g/mol. The van der Waals surface area contributed by atoms with Gasteiger partial charge in [-0.25, -0.2) is 4.98 Å². The second kappa shape index (κ2) is 5.70. The Morgan fingerprint density at radius 2 is 1.94 bits per heavy atom. The van der Waals surface area contributed by atoms with Gasteiger partial charge in [0, 0.05) is 11.0 Å². The van der Waals surface area contributed by atoms with Crippen LogP contribution in [0.4, 0.5) is 0 Å². The quantitative estimate of drug-likeness (QED) is 0.843. The molecule has 0 atom stereocenters. The number of rotatable bonds is 4. The summed E-state index contributed by atoms with van der Waals surface area (Å²) in [5, 5.41) is 8.98. The number of benzene rings is 1. The van der Waals surface area contributed by atoms with Gasteiger partial charge in [-0.2, -0.15) is 0 Å². The van der Waals surface area contributed by atoms with Crippen molar-refractivity contribution in [2.75, 3.05) is 6.26 Å². The third kappa shape index (κ3) is 3.22. The van der Waals surface area contributed by atoms with E-state index in [0.29, 0.717) is 11.6 Å². The van der Waals surface area contributed by atoms with Crippen LogP contribution < -0.4 is 4.74 Å². The fraction of sp³-hybridized carbons (Fsp3) is 0.154. The van der Waals surface area contributed by atoms with Crippen molar-refractivity contribution < 1.29 is 9.84 Å². The van der Waals surface area contributed by atoms with E-state index < -0.39 is 0 Å². The fourth-order valence-corrected chi connectivity index (χ4v) is 1.78. The van der Waals surface area contributed by atoms with Crippen molar-refractivity contribution in [1.82, 2.24) is 4.98 Å². The zero-order valence-electron chi connectivity index (χ0n) is 9.46. The van der Waals surface area contributed by atoms with E-state index in [1.54, 1.807) is 23.9 Å². The maximum Gasteiger partial charge on any atom is 0.219 e. The highest BCUT2D eigenvalue weighted by molar-refractivity contribution is 7.98. The molecule has 2 aromatic rings. The number of aliphatic hydroxyl groups excluding tert-OH is 1. The van der Waals surface area contributed by atoms with Gasteiger partial charge < -0.3 is 9.84 Å². The van der Waals surface area contributed by atoms with Crippen LogP contribution in [-0.4, -0.2) is 16.3 Å². The van der Waals surface area contributed by atoms with Gasteiger partial charge in [0.1, 0.15) is 5.75 Å². The van der Waals surface area contributed by atoms with E-state index in [1.165, 1.54) is 4.90 Å². The van der Waals surface area contributed by atoms with Crippen LogP contribution in [0.25, 0.3) is 0 Å². The molecule has 0 spiro atoms. The Labute approximate surface area is 104 Å². The first kappa shape index (κ1) is 12.0. The summed E-state index contributed by atoms with van der Waals surface area (Å²) < 4.78 is 5.59. The van der Waals surface area contributed by atoms with Crippen molar-refractivity contribution in [3.05, 3.63) is 48.2 Å². The van der Waals surface area contributed by atoms with Gasteiger partial charge in [-0.1, -0.05) is 6.07 Å². The van der Waals surface area contributed by atoms with Gasteiger partial charge in [-0.3, -0.25) is 0 Å². The molecule has 0 unspecified atom stereocenters. The monoisotopic (exact) mass is 247 g/mol. The van der Waals surface area contributed by atoms with Crippen molar-refractivity contribution in [2.45, 2.75) is 11.5 Å². The van der Waals surface area contributed by atoms with Crippen molar-refractivity contribution in [2.24, 2.45) is 0 Å². The molecule has 88 valence electrons. The predicted octanol–water partition coefficient (Wildman–Crippen LogP) is 3.09. The minimum atomic E-state index is -0.0807. The second-order valence-corrected chi connectivity index (χ2v) is 4.28. The number of aliphatic hydroxyl groups is 1. The van der Waals surface area contributed by atoms with E-state index in [9.17, 15) is 0 Å². The van der Waals surface area contributed by atoms with Gasteiger partial charge >= 0.3 is 0 Å². The molecule has 0 fully saturated rings. The van der Waals surface area contributed by atoms with Crippen LogP contribution in [0.15, 0.2) is 47.4 Å². The Balaban J connectivity index is 2.13. The zero-order valence-corrected chi connectivity index (χ0v) is 10.3. The molecule has 0 aliphatic rings. The Morgan fingerprint density at radius 3 is 2.59 bits per heavy atom. The average Bonchev–Trinajstić information content (AvgIpc) is 2.40. The van der Waals surface area contributed by atoms with Gasteiger partial charge in [0.15, 0.2) is 0 Å². The third-order valence-corrected chi connectivity index (χ3v) is 2.97. The standard InChI is InChI=1S/C13H13NO2S/c1-17-12-7-5-11(6-8-12)16-13-4-2-3-10(9-15)14-13/h2-8,15H,9H2,1H3. The molecule has 0 saturated carbocycles. The summed E-state index contributed by atoms with van der Waals surface area (Å²) in [5.74, 6) is 1.24. The predicted molar refractivity (Wildman–Crippen MR) is 68.5 cm³/mol. The summed E-state index contributed by atoms with van der Waals surface area (Å²) in [6.45, 7) is -0.0807. The first-order valence-corrected chi connectivity index (χ1v) is 6.43. The highest BCUT2D eigenvalue weighted by Gasteiger charge is 2.00. The van der Waals surface area contributed by atoms with Gasteiger partial charge in [0.05, 0.1) is 12.3 Å². The second-order valence-electron chi connectivity index (χ2n) is 3.40. The maximum atomic E-state index is 8.98. The topological polar surface area (TPSA) is 42.4 Å². The summed E-state index contributed by atoms with van der Waals surface area (Å²) in [6.07, 6.45) is 2.03. The SMILES string of the molecule is CSc1ccc(Oc2cccc(CO)n2)cc1. The summed E-state index contributed by atoms with van der Waals surface area (Å²) in [7, 11) is 0. The molecular formula is C13H13NO2S. The van der Waals surface area contributed by atoms with E-state index in [1.807, 2.05) is 36.6 Å². The summed E-state index contributed by atoms with van der Waals surface area (Å²) in [6, 6.07) is 13.1. The van der Waals surface area contributed by atoms with Gasteiger partial charge in [0.25, 0.3) is 0 Å². The van der Waals surface area contributed by atoms with Crippen LogP contribution >= 0.6 is 11.8 Å². The van der Waals surface area contributed by atoms with Crippen LogP contribution in [0.5, 0.6) is 11.6 Å². The van der Waals surface area contributed by atoms with Crippen molar-refractivity contribution in [1.29, 1.82) is 0 Å². The Morgan fingerprint density at radius 1 is 1.18 bits per heavy atom. The molecule has 1 heterocycles. The molecule has 0 saturated heterocycles.